The highest BCUT2D eigenvalue weighted by atomic mass is 32.1. The van der Waals surface area contributed by atoms with E-state index in [2.05, 4.69) is 53.7 Å². The van der Waals surface area contributed by atoms with Crippen LogP contribution in [-0.2, 0) is 6.54 Å². The molecule has 0 atom stereocenters. The molecule has 1 saturated carbocycles. The molecule has 0 bridgehead atoms. The first-order valence-corrected chi connectivity index (χ1v) is 8.54. The van der Waals surface area contributed by atoms with Gasteiger partial charge in [-0.25, -0.2) is 0 Å². The van der Waals surface area contributed by atoms with Crippen LogP contribution in [0.5, 0.6) is 0 Å². The fourth-order valence-electron chi connectivity index (χ4n) is 3.20. The van der Waals surface area contributed by atoms with Gasteiger partial charge in [-0.15, -0.1) is 11.3 Å². The monoisotopic (exact) mass is 285 g/mol. The molecule has 2 aromatic rings. The quantitative estimate of drug-likeness (QED) is 0.748. The summed E-state index contributed by atoms with van der Waals surface area (Å²) >= 11 is 1.82. The molecule has 3 rings (SSSR count). The molecule has 0 N–H and O–H groups in total. The molecule has 0 saturated heterocycles. The third-order valence-corrected chi connectivity index (χ3v) is 5.28. The van der Waals surface area contributed by atoms with Gasteiger partial charge in [0.25, 0.3) is 0 Å². The van der Waals surface area contributed by atoms with E-state index >= 15 is 0 Å². The lowest BCUT2D eigenvalue weighted by Crippen LogP contribution is -2.32. The van der Waals surface area contributed by atoms with Crippen LogP contribution >= 0.6 is 11.3 Å². The van der Waals surface area contributed by atoms with E-state index in [0.717, 1.165) is 12.6 Å². The average molecular weight is 285 g/mol. The van der Waals surface area contributed by atoms with E-state index in [4.69, 9.17) is 0 Å². The van der Waals surface area contributed by atoms with E-state index in [0.29, 0.717) is 0 Å². The Morgan fingerprint density at radius 3 is 2.70 bits per heavy atom. The molecule has 0 unspecified atom stereocenters. The van der Waals surface area contributed by atoms with Gasteiger partial charge in [-0.1, -0.05) is 43.5 Å². The summed E-state index contributed by atoms with van der Waals surface area (Å²) in [7, 11) is 2.29. The van der Waals surface area contributed by atoms with Crippen molar-refractivity contribution in [3.63, 3.8) is 0 Å². The van der Waals surface area contributed by atoms with Crippen molar-refractivity contribution >= 4 is 11.3 Å². The second-order valence-electron chi connectivity index (χ2n) is 5.88. The van der Waals surface area contributed by atoms with Gasteiger partial charge in [-0.3, -0.25) is 4.90 Å². The highest BCUT2D eigenvalue weighted by molar-refractivity contribution is 7.13. The van der Waals surface area contributed by atoms with Crippen molar-refractivity contribution in [1.82, 2.24) is 4.90 Å². The van der Waals surface area contributed by atoms with Gasteiger partial charge in [0.1, 0.15) is 0 Å². The van der Waals surface area contributed by atoms with Crippen LogP contribution in [0.15, 0.2) is 41.8 Å². The molecule has 1 fully saturated rings. The maximum atomic E-state index is 2.55. The number of hydrogen-bond acceptors (Lipinski definition) is 2. The van der Waals surface area contributed by atoms with Crippen molar-refractivity contribution in [2.45, 2.75) is 44.7 Å². The van der Waals surface area contributed by atoms with Crippen molar-refractivity contribution in [3.05, 3.63) is 47.3 Å². The van der Waals surface area contributed by atoms with E-state index in [1.54, 1.807) is 0 Å². The molecule has 106 valence electrons. The van der Waals surface area contributed by atoms with Crippen LogP contribution in [0.25, 0.3) is 10.4 Å². The van der Waals surface area contributed by atoms with Crippen molar-refractivity contribution < 1.29 is 0 Å². The number of rotatable bonds is 4. The first kappa shape index (κ1) is 13.8. The van der Waals surface area contributed by atoms with Gasteiger partial charge in [0.2, 0.25) is 0 Å². The highest BCUT2D eigenvalue weighted by Crippen LogP contribution is 2.27. The molecule has 1 aliphatic rings. The summed E-state index contributed by atoms with van der Waals surface area (Å²) in [6.07, 6.45) is 6.99. The Kier molecular flexibility index (Phi) is 4.54. The van der Waals surface area contributed by atoms with Crippen LogP contribution in [0.2, 0.25) is 0 Å². The van der Waals surface area contributed by atoms with Crippen molar-refractivity contribution in [2.75, 3.05) is 7.05 Å². The van der Waals surface area contributed by atoms with Gasteiger partial charge in [-0.05, 0) is 48.5 Å². The van der Waals surface area contributed by atoms with Gasteiger partial charge < -0.3 is 0 Å². The van der Waals surface area contributed by atoms with Crippen molar-refractivity contribution in [2.24, 2.45) is 0 Å². The Morgan fingerprint density at radius 1 is 1.10 bits per heavy atom. The van der Waals surface area contributed by atoms with Crippen LogP contribution in [0, 0.1) is 0 Å². The normalized spacial score (nSPS) is 16.7. The minimum atomic E-state index is 0.786. The second-order valence-corrected chi connectivity index (χ2v) is 6.83. The average Bonchev–Trinajstić information content (AvgIpc) is 3.03. The molecule has 20 heavy (non-hydrogen) atoms. The van der Waals surface area contributed by atoms with Crippen LogP contribution in [-0.4, -0.2) is 18.0 Å². The third kappa shape index (κ3) is 3.31. The standard InChI is InChI=1S/C18H23NS/c1-19(17-9-3-2-4-10-17)14-15-7-5-8-16(13-15)18-11-6-12-20-18/h5-8,11-13,17H,2-4,9-10,14H2,1H3. The van der Waals surface area contributed by atoms with E-state index in [1.165, 1.54) is 48.1 Å². The van der Waals surface area contributed by atoms with Gasteiger partial charge in [0.05, 0.1) is 0 Å². The first-order chi connectivity index (χ1) is 9.83. The largest absolute Gasteiger partial charge is 0.299 e. The fourth-order valence-corrected chi connectivity index (χ4v) is 3.93. The number of hydrogen-bond donors (Lipinski definition) is 0. The SMILES string of the molecule is CN(Cc1cccc(-c2cccs2)c1)C1CCCCC1. The van der Waals surface area contributed by atoms with E-state index in [1.807, 2.05) is 11.3 Å². The minimum Gasteiger partial charge on any atom is -0.299 e. The molecule has 1 aliphatic carbocycles. The molecule has 1 heterocycles. The summed E-state index contributed by atoms with van der Waals surface area (Å²) < 4.78 is 0. The van der Waals surface area contributed by atoms with Crippen LogP contribution in [0.4, 0.5) is 0 Å². The summed E-state index contributed by atoms with van der Waals surface area (Å²) in [6.45, 7) is 1.07. The molecule has 0 spiro atoms. The Morgan fingerprint density at radius 2 is 1.95 bits per heavy atom. The number of benzene rings is 1. The molecule has 2 heteroatoms. The van der Waals surface area contributed by atoms with E-state index < -0.39 is 0 Å². The summed E-state index contributed by atoms with van der Waals surface area (Å²) in [6, 6.07) is 14.1. The summed E-state index contributed by atoms with van der Waals surface area (Å²) in [5.74, 6) is 0. The first-order valence-electron chi connectivity index (χ1n) is 7.66. The maximum Gasteiger partial charge on any atom is 0.0342 e. The van der Waals surface area contributed by atoms with Crippen molar-refractivity contribution in [1.29, 1.82) is 0 Å². The zero-order valence-electron chi connectivity index (χ0n) is 12.2. The predicted octanol–water partition coefficient (Wildman–Crippen LogP) is 5.18. The Labute approximate surface area is 126 Å². The molecule has 1 nitrogen and oxygen atoms in total. The van der Waals surface area contributed by atoms with Gasteiger partial charge >= 0.3 is 0 Å². The smallest absolute Gasteiger partial charge is 0.0342 e. The van der Waals surface area contributed by atoms with Crippen LogP contribution in [0.1, 0.15) is 37.7 Å². The topological polar surface area (TPSA) is 3.24 Å². The Bertz CT molecular complexity index is 526. The molecular formula is C18H23NS. The predicted molar refractivity (Wildman–Crippen MR) is 88.1 cm³/mol. The Balaban J connectivity index is 1.69. The Hall–Kier alpha value is -1.12. The minimum absolute atomic E-state index is 0.786. The zero-order valence-corrected chi connectivity index (χ0v) is 13.0. The number of nitrogens with zero attached hydrogens (tertiary/aromatic N) is 1. The van der Waals surface area contributed by atoms with E-state index in [9.17, 15) is 0 Å². The lowest BCUT2D eigenvalue weighted by Gasteiger charge is -2.31. The third-order valence-electron chi connectivity index (χ3n) is 4.36. The van der Waals surface area contributed by atoms with Crippen molar-refractivity contribution in [3.8, 4) is 10.4 Å². The molecule has 1 aromatic heterocycles. The van der Waals surface area contributed by atoms with E-state index in [-0.39, 0.29) is 0 Å². The number of thiophene rings is 1. The van der Waals surface area contributed by atoms with Gasteiger partial charge in [0.15, 0.2) is 0 Å². The second kappa shape index (κ2) is 6.55. The molecular weight excluding hydrogens is 262 g/mol. The summed E-state index contributed by atoms with van der Waals surface area (Å²) in [5.41, 5.74) is 2.79. The molecule has 0 aliphatic heterocycles. The zero-order chi connectivity index (χ0) is 13.8. The van der Waals surface area contributed by atoms with Gasteiger partial charge in [0, 0.05) is 17.5 Å². The fraction of sp³-hybridized carbons (Fsp3) is 0.444. The lowest BCUT2D eigenvalue weighted by atomic mass is 9.94. The maximum absolute atomic E-state index is 2.55. The highest BCUT2D eigenvalue weighted by Gasteiger charge is 2.17. The van der Waals surface area contributed by atoms with Crippen LogP contribution in [0.3, 0.4) is 0 Å². The lowest BCUT2D eigenvalue weighted by molar-refractivity contribution is 0.184. The van der Waals surface area contributed by atoms with Gasteiger partial charge in [-0.2, -0.15) is 0 Å². The summed E-state index contributed by atoms with van der Waals surface area (Å²) in [4.78, 5) is 3.92. The molecule has 0 radical (unpaired) electrons. The van der Waals surface area contributed by atoms with Crippen LogP contribution < -0.4 is 0 Å². The molecule has 0 amide bonds. The molecule has 1 aromatic carbocycles. The summed E-state index contributed by atoms with van der Waals surface area (Å²) in [5, 5.41) is 2.15.